The van der Waals surface area contributed by atoms with E-state index in [1.54, 1.807) is 0 Å². The van der Waals surface area contributed by atoms with Crippen molar-refractivity contribution in [3.63, 3.8) is 0 Å². The second-order valence-electron chi connectivity index (χ2n) is 1.40. The van der Waals surface area contributed by atoms with Crippen molar-refractivity contribution in [2.45, 2.75) is 0 Å². The van der Waals surface area contributed by atoms with Gasteiger partial charge in [0.25, 0.3) is 10.2 Å². The third kappa shape index (κ3) is 120. The van der Waals surface area contributed by atoms with Crippen LogP contribution < -0.4 is 0 Å². The number of hydrogen-bond acceptors (Lipinski definition) is 9. The number of nitrogens with zero attached hydrogens (tertiary/aromatic N) is 2. The van der Waals surface area contributed by atoms with Gasteiger partial charge < -0.3 is 10.4 Å². The molecule has 0 aliphatic carbocycles. The van der Waals surface area contributed by atoms with Crippen LogP contribution in [-0.2, 0) is 24.4 Å². The number of hydrogen-bond donors (Lipinski definition) is 4. The van der Waals surface area contributed by atoms with Gasteiger partial charge in [0.2, 0.25) is 0 Å². The first-order valence-electron chi connectivity index (χ1n) is 2.50. The Morgan fingerprint density at radius 2 is 0.941 bits per heavy atom. The molecule has 0 aromatic heterocycles. The summed E-state index contributed by atoms with van der Waals surface area (Å²) in [5.41, 5.74) is 0. The SMILES string of the molecule is O=S(=O)(O)OS(=O)(=O)O.O=[N+]([O-])O.O=[N+]([O-])O. The van der Waals surface area contributed by atoms with Crippen LogP contribution in [0.2, 0.25) is 0 Å². The summed E-state index contributed by atoms with van der Waals surface area (Å²) < 4.78 is 55.6. The molecule has 15 nitrogen and oxygen atoms in total. The summed E-state index contributed by atoms with van der Waals surface area (Å²) in [7, 11) is -10.2. The van der Waals surface area contributed by atoms with Crippen molar-refractivity contribution in [3.8, 4) is 0 Å². The van der Waals surface area contributed by atoms with Gasteiger partial charge in [-0.2, -0.15) is 16.8 Å². The third-order valence-corrected chi connectivity index (χ3v) is 1.55. The molecule has 0 radical (unpaired) electrons. The summed E-state index contributed by atoms with van der Waals surface area (Å²) in [5, 5.41) is 27.3. The summed E-state index contributed by atoms with van der Waals surface area (Å²) in [6, 6.07) is 0. The topological polar surface area (TPSA) is 245 Å². The van der Waals surface area contributed by atoms with Gasteiger partial charge >= 0.3 is 20.8 Å². The maximum atomic E-state index is 9.44. The normalized spacial score (nSPS) is 10.0. The van der Waals surface area contributed by atoms with Gasteiger partial charge in [-0.05, 0) is 0 Å². The van der Waals surface area contributed by atoms with Gasteiger partial charge in [-0.3, -0.25) is 9.11 Å². The van der Waals surface area contributed by atoms with Crippen molar-refractivity contribution >= 4 is 20.8 Å². The Kier molecular flexibility index (Phi) is 10.1. The smallest absolute Gasteiger partial charge is 0.328 e. The molecule has 0 aromatic rings. The lowest BCUT2D eigenvalue weighted by Crippen LogP contribution is -2.10. The maximum Gasteiger partial charge on any atom is 0.413 e. The van der Waals surface area contributed by atoms with E-state index in [9.17, 15) is 16.8 Å². The van der Waals surface area contributed by atoms with Gasteiger partial charge in [0.05, 0.1) is 0 Å². The summed E-state index contributed by atoms with van der Waals surface area (Å²) in [6.45, 7) is 0. The molecule has 0 heterocycles. The zero-order chi connectivity index (χ0) is 14.9. The Morgan fingerprint density at radius 3 is 0.941 bits per heavy atom. The Morgan fingerprint density at radius 1 is 0.824 bits per heavy atom. The van der Waals surface area contributed by atoms with Crippen molar-refractivity contribution in [2.75, 3.05) is 0 Å². The van der Waals surface area contributed by atoms with Gasteiger partial charge in [-0.25, -0.2) is 0 Å². The first-order valence-corrected chi connectivity index (χ1v) is 5.23. The van der Waals surface area contributed by atoms with Crippen LogP contribution in [0.5, 0.6) is 0 Å². The third-order valence-electron chi connectivity index (χ3n) is 0.172. The summed E-state index contributed by atoms with van der Waals surface area (Å²) >= 11 is 0. The van der Waals surface area contributed by atoms with E-state index < -0.39 is 31.0 Å². The molecule has 0 aliphatic rings. The zero-order valence-corrected chi connectivity index (χ0v) is 8.81. The monoisotopic (exact) mass is 304 g/mol. The van der Waals surface area contributed by atoms with Crippen molar-refractivity contribution in [1.29, 1.82) is 0 Å². The maximum absolute atomic E-state index is 9.44. The molecule has 0 atom stereocenters. The molecule has 17 heteroatoms. The van der Waals surface area contributed by atoms with Crippen LogP contribution in [-0.4, -0.2) is 46.5 Å². The molecule has 17 heavy (non-hydrogen) atoms. The Labute approximate surface area is 92.0 Å². The molecule has 0 unspecified atom stereocenters. The molecule has 4 N–H and O–H groups in total. The van der Waals surface area contributed by atoms with E-state index in [1.165, 1.54) is 0 Å². The van der Waals surface area contributed by atoms with Crippen LogP contribution in [0.15, 0.2) is 0 Å². The minimum atomic E-state index is -5.12. The van der Waals surface area contributed by atoms with E-state index in [2.05, 4.69) is 3.63 Å². The van der Waals surface area contributed by atoms with E-state index in [0.717, 1.165) is 0 Å². The fourth-order valence-corrected chi connectivity index (χ4v) is 0.978. The zero-order valence-electron chi connectivity index (χ0n) is 7.17. The van der Waals surface area contributed by atoms with E-state index in [0.29, 0.717) is 0 Å². The van der Waals surface area contributed by atoms with Crippen LogP contribution in [0.3, 0.4) is 0 Å². The molecule has 0 fully saturated rings. The summed E-state index contributed by atoms with van der Waals surface area (Å²) in [6.07, 6.45) is 0. The van der Waals surface area contributed by atoms with Crippen molar-refractivity contribution in [1.82, 2.24) is 0 Å². The molecule has 0 spiro atoms. The highest BCUT2D eigenvalue weighted by molar-refractivity contribution is 7.94. The average Bonchev–Trinajstić information content (AvgIpc) is 1.70. The lowest BCUT2D eigenvalue weighted by Gasteiger charge is -1.89. The van der Waals surface area contributed by atoms with Crippen molar-refractivity contribution in [2.24, 2.45) is 0 Å². The Bertz CT molecular complexity index is 374. The van der Waals surface area contributed by atoms with Gasteiger partial charge in [0, 0.05) is 0 Å². The van der Waals surface area contributed by atoms with Crippen molar-refractivity contribution in [3.05, 3.63) is 20.2 Å². The quantitative estimate of drug-likeness (QED) is 0.243. The predicted molar refractivity (Wildman–Crippen MR) is 41.7 cm³/mol. The largest absolute Gasteiger partial charge is 0.413 e. The first kappa shape index (κ1) is 20.6. The fraction of sp³-hybridized carbons (Fsp3) is 0. The fourth-order valence-electron chi connectivity index (χ4n) is 0.109. The molecular weight excluding hydrogens is 300 g/mol. The lowest BCUT2D eigenvalue weighted by molar-refractivity contribution is -0.742. The van der Waals surface area contributed by atoms with Crippen LogP contribution in [0, 0.1) is 20.2 Å². The number of rotatable bonds is 2. The molecule has 0 rings (SSSR count). The molecule has 104 valence electrons. The van der Waals surface area contributed by atoms with Crippen LogP contribution >= 0.6 is 0 Å². The highest BCUT2D eigenvalue weighted by atomic mass is 32.3. The second kappa shape index (κ2) is 8.35. The summed E-state index contributed by atoms with van der Waals surface area (Å²) in [4.78, 5) is 16.7. The predicted octanol–water partition coefficient (Wildman–Crippen LogP) is -2.09. The van der Waals surface area contributed by atoms with E-state index in [4.69, 9.17) is 39.7 Å². The molecule has 0 amide bonds. The Balaban J connectivity index is -0.000000205. The first-order chi connectivity index (χ1) is 7.17. The van der Waals surface area contributed by atoms with E-state index >= 15 is 0 Å². The molecule has 0 bridgehead atoms. The van der Waals surface area contributed by atoms with Crippen LogP contribution in [0.25, 0.3) is 0 Å². The lowest BCUT2D eigenvalue weighted by atomic mass is 13.1. The van der Waals surface area contributed by atoms with Gasteiger partial charge in [-0.15, -0.1) is 23.9 Å². The standard InChI is InChI=1S/2HNO3.H2O7S2/c2*2-1(3)4;1-8(2,3)7-9(4,5)6/h2*(H,2,3,4);(H,1,2,3)(H,4,5,6). The van der Waals surface area contributed by atoms with Crippen molar-refractivity contribution < 1.29 is 50.2 Å². The minimum Gasteiger partial charge on any atom is -0.328 e. The van der Waals surface area contributed by atoms with E-state index in [1.807, 2.05) is 0 Å². The average molecular weight is 304 g/mol. The second-order valence-corrected chi connectivity index (χ2v) is 3.65. The summed E-state index contributed by atoms with van der Waals surface area (Å²) in [5.74, 6) is 0. The minimum absolute atomic E-state index is 1.50. The molecule has 0 saturated heterocycles. The van der Waals surface area contributed by atoms with Crippen LogP contribution in [0.1, 0.15) is 0 Å². The molecule has 0 aromatic carbocycles. The molecule has 0 saturated carbocycles. The molecule has 0 aliphatic heterocycles. The van der Waals surface area contributed by atoms with E-state index in [-0.39, 0.29) is 0 Å². The Hall–Kier alpha value is -1.82. The van der Waals surface area contributed by atoms with Crippen LogP contribution in [0.4, 0.5) is 0 Å². The van der Waals surface area contributed by atoms with Gasteiger partial charge in [0.1, 0.15) is 0 Å². The highest BCUT2D eigenvalue weighted by Gasteiger charge is 2.15. The van der Waals surface area contributed by atoms with Gasteiger partial charge in [-0.1, -0.05) is 0 Å². The van der Waals surface area contributed by atoms with Gasteiger partial charge in [0.15, 0.2) is 0 Å². The molecular formula is H4N2O13S2. The highest BCUT2D eigenvalue weighted by Crippen LogP contribution is 1.91.